The van der Waals surface area contributed by atoms with Crippen molar-refractivity contribution in [2.45, 2.75) is 12.6 Å². The third-order valence-electron chi connectivity index (χ3n) is 3.19. The van der Waals surface area contributed by atoms with Crippen LogP contribution in [-0.4, -0.2) is 52.7 Å². The van der Waals surface area contributed by atoms with Crippen molar-refractivity contribution in [1.82, 2.24) is 9.88 Å². The maximum atomic E-state index is 12.1. The smallest absolute Gasteiger partial charge is 0.422 e. The minimum Gasteiger partial charge on any atom is -0.481 e. The van der Waals surface area contributed by atoms with E-state index < -0.39 is 30.6 Å². The van der Waals surface area contributed by atoms with Gasteiger partial charge in [0.15, 0.2) is 6.61 Å². The third-order valence-corrected chi connectivity index (χ3v) is 3.19. The van der Waals surface area contributed by atoms with Gasteiger partial charge >= 0.3 is 12.1 Å². The molecule has 1 aromatic heterocycles. The first-order valence-corrected chi connectivity index (χ1v) is 6.44. The van der Waals surface area contributed by atoms with Crippen molar-refractivity contribution in [2.24, 2.45) is 5.92 Å². The number of hydrogen-bond acceptors (Lipinski definition) is 4. The lowest BCUT2D eigenvalue weighted by atomic mass is 10.1. The van der Waals surface area contributed by atoms with Gasteiger partial charge in [0.2, 0.25) is 5.88 Å². The molecule has 1 amide bonds. The van der Waals surface area contributed by atoms with Gasteiger partial charge in [0, 0.05) is 25.4 Å². The Morgan fingerprint density at radius 1 is 1.41 bits per heavy atom. The number of aliphatic carboxylic acids is 1. The van der Waals surface area contributed by atoms with Crippen LogP contribution in [0.25, 0.3) is 0 Å². The molecule has 0 unspecified atom stereocenters. The predicted molar refractivity (Wildman–Crippen MR) is 67.4 cm³/mol. The number of hydrogen-bond donors (Lipinski definition) is 1. The number of likely N-dealkylation sites (tertiary alicyclic amines) is 1. The molecule has 0 spiro atoms. The van der Waals surface area contributed by atoms with E-state index >= 15 is 0 Å². The number of alkyl halides is 3. The molecule has 0 saturated carbocycles. The van der Waals surface area contributed by atoms with Gasteiger partial charge in [0.1, 0.15) is 0 Å². The lowest BCUT2D eigenvalue weighted by molar-refractivity contribution is -0.154. The molecule has 2 rings (SSSR count). The molecule has 1 fully saturated rings. The van der Waals surface area contributed by atoms with E-state index in [0.717, 1.165) is 6.20 Å². The van der Waals surface area contributed by atoms with E-state index in [9.17, 15) is 22.8 Å². The number of amides is 1. The molecule has 0 aromatic carbocycles. The summed E-state index contributed by atoms with van der Waals surface area (Å²) in [6, 6.07) is 2.47. The van der Waals surface area contributed by atoms with Crippen molar-refractivity contribution in [3.05, 3.63) is 23.9 Å². The van der Waals surface area contributed by atoms with Crippen molar-refractivity contribution >= 4 is 11.9 Å². The van der Waals surface area contributed by atoms with Crippen LogP contribution < -0.4 is 4.74 Å². The highest BCUT2D eigenvalue weighted by atomic mass is 19.4. The maximum Gasteiger partial charge on any atom is 0.422 e. The highest BCUT2D eigenvalue weighted by Gasteiger charge is 2.31. The Hall–Kier alpha value is -2.32. The molecule has 120 valence electrons. The molecule has 1 N–H and O–H groups in total. The van der Waals surface area contributed by atoms with Crippen LogP contribution in [0.5, 0.6) is 5.88 Å². The Morgan fingerprint density at radius 2 is 2.14 bits per heavy atom. The van der Waals surface area contributed by atoms with Gasteiger partial charge in [-0.3, -0.25) is 9.59 Å². The summed E-state index contributed by atoms with van der Waals surface area (Å²) in [6.07, 6.45) is -2.97. The first-order valence-electron chi connectivity index (χ1n) is 6.44. The molecule has 1 aliphatic heterocycles. The summed E-state index contributed by atoms with van der Waals surface area (Å²) in [6.45, 7) is -1.03. The lowest BCUT2D eigenvalue weighted by Crippen LogP contribution is -2.30. The summed E-state index contributed by atoms with van der Waals surface area (Å²) in [5, 5.41) is 8.89. The zero-order valence-corrected chi connectivity index (χ0v) is 11.3. The van der Waals surface area contributed by atoms with Crippen LogP contribution in [0.1, 0.15) is 16.8 Å². The number of nitrogens with zero attached hydrogens (tertiary/aromatic N) is 2. The topological polar surface area (TPSA) is 79.7 Å². The Labute approximate surface area is 123 Å². The first-order chi connectivity index (χ1) is 10.3. The summed E-state index contributed by atoms with van der Waals surface area (Å²) < 4.78 is 40.4. The molecule has 6 nitrogen and oxygen atoms in total. The molecule has 1 aromatic rings. The molecule has 1 saturated heterocycles. The van der Waals surface area contributed by atoms with Crippen molar-refractivity contribution in [3.63, 3.8) is 0 Å². The quantitative estimate of drug-likeness (QED) is 0.911. The van der Waals surface area contributed by atoms with Gasteiger partial charge < -0.3 is 14.7 Å². The van der Waals surface area contributed by atoms with Crippen LogP contribution in [0.15, 0.2) is 18.3 Å². The second-order valence-electron chi connectivity index (χ2n) is 4.86. The molecule has 0 aliphatic carbocycles. The molecule has 2 heterocycles. The largest absolute Gasteiger partial charge is 0.481 e. The molecule has 0 radical (unpaired) electrons. The molecule has 0 bridgehead atoms. The zero-order chi connectivity index (χ0) is 16.3. The van der Waals surface area contributed by atoms with E-state index in [2.05, 4.69) is 9.72 Å². The number of rotatable bonds is 4. The van der Waals surface area contributed by atoms with Crippen molar-refractivity contribution in [3.8, 4) is 5.88 Å². The van der Waals surface area contributed by atoms with Gasteiger partial charge in [-0.05, 0) is 12.5 Å². The number of pyridine rings is 1. The molecule has 9 heteroatoms. The molecule has 1 aliphatic rings. The van der Waals surface area contributed by atoms with Crippen LogP contribution in [-0.2, 0) is 4.79 Å². The van der Waals surface area contributed by atoms with Crippen LogP contribution in [0.4, 0.5) is 13.2 Å². The number of aromatic nitrogens is 1. The van der Waals surface area contributed by atoms with Gasteiger partial charge in [0.25, 0.3) is 5.91 Å². The second kappa shape index (κ2) is 6.20. The van der Waals surface area contributed by atoms with E-state index in [4.69, 9.17) is 5.11 Å². The number of carboxylic acid groups (broad SMARTS) is 1. The summed E-state index contributed by atoms with van der Waals surface area (Å²) >= 11 is 0. The fraction of sp³-hybridized carbons (Fsp3) is 0.462. The van der Waals surface area contributed by atoms with Gasteiger partial charge in [-0.1, -0.05) is 0 Å². The molecule has 1 atom stereocenters. The minimum atomic E-state index is -4.46. The van der Waals surface area contributed by atoms with Crippen LogP contribution in [0, 0.1) is 5.92 Å². The van der Waals surface area contributed by atoms with Crippen molar-refractivity contribution < 1.29 is 32.6 Å². The normalized spacial score (nSPS) is 18.3. The van der Waals surface area contributed by atoms with E-state index in [1.54, 1.807) is 0 Å². The number of ether oxygens (including phenoxy) is 1. The molecule has 22 heavy (non-hydrogen) atoms. The fourth-order valence-electron chi connectivity index (χ4n) is 2.08. The number of halogens is 3. The number of carbonyl (C=O) groups is 2. The van der Waals surface area contributed by atoms with E-state index in [1.165, 1.54) is 17.0 Å². The lowest BCUT2D eigenvalue weighted by Gasteiger charge is -2.15. The summed E-state index contributed by atoms with van der Waals surface area (Å²) in [7, 11) is 0. The highest BCUT2D eigenvalue weighted by Crippen LogP contribution is 2.20. The molecular formula is C13H13F3N2O4. The zero-order valence-electron chi connectivity index (χ0n) is 11.3. The van der Waals surface area contributed by atoms with E-state index in [0.29, 0.717) is 13.0 Å². The van der Waals surface area contributed by atoms with Gasteiger partial charge in [-0.15, -0.1) is 0 Å². The van der Waals surface area contributed by atoms with Crippen LogP contribution >= 0.6 is 0 Å². The highest BCUT2D eigenvalue weighted by molar-refractivity contribution is 5.94. The van der Waals surface area contributed by atoms with E-state index in [1.807, 2.05) is 0 Å². The van der Waals surface area contributed by atoms with Crippen LogP contribution in [0.3, 0.4) is 0 Å². The Balaban J connectivity index is 1.96. The van der Waals surface area contributed by atoms with Gasteiger partial charge in [-0.25, -0.2) is 4.98 Å². The Morgan fingerprint density at radius 3 is 2.64 bits per heavy atom. The fourth-order valence-corrected chi connectivity index (χ4v) is 2.08. The summed E-state index contributed by atoms with van der Waals surface area (Å²) in [5.41, 5.74) is 0.172. The predicted octanol–water partition coefficient (Wildman–Crippen LogP) is 1.57. The molecular weight excluding hydrogens is 305 g/mol. The van der Waals surface area contributed by atoms with Crippen molar-refractivity contribution in [2.75, 3.05) is 19.7 Å². The summed E-state index contributed by atoms with van der Waals surface area (Å²) in [4.78, 5) is 28.0. The average Bonchev–Trinajstić information content (AvgIpc) is 2.94. The van der Waals surface area contributed by atoms with Crippen LogP contribution in [0.2, 0.25) is 0 Å². The Bertz CT molecular complexity index is 559. The maximum absolute atomic E-state index is 12.1. The van der Waals surface area contributed by atoms with Gasteiger partial charge in [-0.2, -0.15) is 13.2 Å². The average molecular weight is 318 g/mol. The first kappa shape index (κ1) is 16.1. The van der Waals surface area contributed by atoms with Gasteiger partial charge in [0.05, 0.1) is 11.5 Å². The standard InChI is InChI=1S/C13H13F3N2O4/c14-13(15,16)7-22-10-2-1-8(5-17-10)11(19)18-4-3-9(6-18)12(20)21/h1-2,5,9H,3-4,6-7H2,(H,20,21)/t9-/m1/s1. The Kier molecular flexibility index (Phi) is 4.53. The number of carboxylic acids is 1. The third kappa shape index (κ3) is 4.09. The van der Waals surface area contributed by atoms with E-state index in [-0.39, 0.29) is 18.0 Å². The SMILES string of the molecule is O=C(O)[C@@H]1CCN(C(=O)c2ccc(OCC(F)(F)F)nc2)C1. The second-order valence-corrected chi connectivity index (χ2v) is 4.86. The minimum absolute atomic E-state index is 0.112. The van der Waals surface area contributed by atoms with Crippen molar-refractivity contribution in [1.29, 1.82) is 0 Å². The summed E-state index contributed by atoms with van der Waals surface area (Å²) in [5.74, 6) is -2.19. The number of carbonyl (C=O) groups excluding carboxylic acids is 1. The monoisotopic (exact) mass is 318 g/mol.